The second kappa shape index (κ2) is 6.75. The summed E-state index contributed by atoms with van der Waals surface area (Å²) in [7, 11) is 1.74. The number of rotatable bonds is 4. The number of imidazole rings is 1. The molecule has 0 saturated carbocycles. The smallest absolute Gasteiger partial charge is 0.358 e. The van der Waals surface area contributed by atoms with Crippen molar-refractivity contribution in [2.24, 2.45) is 7.05 Å². The topological polar surface area (TPSA) is 98.2 Å². The lowest BCUT2D eigenvalue weighted by molar-refractivity contribution is -0.389. The highest BCUT2D eigenvalue weighted by Gasteiger charge is 2.28. The molecule has 1 fully saturated rings. The lowest BCUT2D eigenvalue weighted by Crippen LogP contribution is -2.45. The number of nitro groups is 1. The standard InChI is InChI=1S/C15H19ClN6O3/c1-10-3-4-12(21(10)16)14(23)17-11-5-7-20(8-6-11)15-18-13(22(24)25)9-19(15)2/h3-4,9,11H,5-8H2,1-2H3,(H,17,23). The molecule has 3 heterocycles. The molecule has 2 aromatic rings. The quantitative estimate of drug-likeness (QED) is 0.657. The maximum atomic E-state index is 12.3. The van der Waals surface area contributed by atoms with Gasteiger partial charge in [0.15, 0.2) is 0 Å². The normalized spacial score (nSPS) is 15.4. The Kier molecular flexibility index (Phi) is 4.67. The molecule has 10 heteroatoms. The van der Waals surface area contributed by atoms with E-state index in [1.165, 1.54) is 10.3 Å². The molecule has 0 spiro atoms. The Bertz CT molecular complexity index is 806. The van der Waals surface area contributed by atoms with Crippen molar-refractivity contribution in [3.63, 3.8) is 0 Å². The van der Waals surface area contributed by atoms with Gasteiger partial charge in [0, 0.05) is 48.6 Å². The lowest BCUT2D eigenvalue weighted by Gasteiger charge is -2.31. The number of nitrogens with one attached hydrogen (secondary N) is 1. The molecule has 25 heavy (non-hydrogen) atoms. The van der Waals surface area contributed by atoms with Crippen LogP contribution in [0.5, 0.6) is 0 Å². The van der Waals surface area contributed by atoms with Crippen molar-refractivity contribution in [2.45, 2.75) is 25.8 Å². The number of hydrogen-bond donors (Lipinski definition) is 1. The molecule has 1 saturated heterocycles. The summed E-state index contributed by atoms with van der Waals surface area (Å²) in [6, 6.07) is 3.52. The number of anilines is 1. The number of piperidine rings is 1. The Morgan fingerprint density at radius 1 is 1.40 bits per heavy atom. The van der Waals surface area contributed by atoms with Crippen molar-refractivity contribution in [1.29, 1.82) is 0 Å². The van der Waals surface area contributed by atoms with Crippen molar-refractivity contribution >= 4 is 29.5 Å². The first kappa shape index (κ1) is 17.3. The largest absolute Gasteiger partial charge is 0.384 e. The van der Waals surface area contributed by atoms with E-state index in [-0.39, 0.29) is 17.8 Å². The number of aryl methyl sites for hydroxylation is 2. The molecule has 0 atom stereocenters. The van der Waals surface area contributed by atoms with Gasteiger partial charge in [0.25, 0.3) is 5.91 Å². The fourth-order valence-electron chi connectivity index (χ4n) is 2.99. The molecule has 1 N–H and O–H groups in total. The second-order valence-electron chi connectivity index (χ2n) is 6.14. The van der Waals surface area contributed by atoms with Gasteiger partial charge in [-0.1, -0.05) is 0 Å². The molecule has 0 unspecified atom stereocenters. The number of carbonyl (C=O) groups excluding carboxylic acids is 1. The average Bonchev–Trinajstić information content (AvgIpc) is 3.12. The first-order valence-electron chi connectivity index (χ1n) is 7.95. The van der Waals surface area contributed by atoms with Crippen molar-refractivity contribution in [2.75, 3.05) is 18.0 Å². The first-order valence-corrected chi connectivity index (χ1v) is 8.28. The molecule has 9 nitrogen and oxygen atoms in total. The summed E-state index contributed by atoms with van der Waals surface area (Å²) in [6.45, 7) is 3.15. The predicted octanol–water partition coefficient (Wildman–Crippen LogP) is 1.84. The molecule has 134 valence electrons. The van der Waals surface area contributed by atoms with Crippen LogP contribution >= 0.6 is 11.8 Å². The molecule has 1 amide bonds. The molecule has 0 bridgehead atoms. The van der Waals surface area contributed by atoms with E-state index in [4.69, 9.17) is 11.8 Å². The van der Waals surface area contributed by atoms with Crippen LogP contribution in [0.4, 0.5) is 11.8 Å². The van der Waals surface area contributed by atoms with Gasteiger partial charge in [-0.15, -0.1) is 0 Å². The monoisotopic (exact) mass is 366 g/mol. The third-order valence-corrected chi connectivity index (χ3v) is 4.82. The molecule has 1 aliphatic heterocycles. The average molecular weight is 367 g/mol. The summed E-state index contributed by atoms with van der Waals surface area (Å²) in [6.07, 6.45) is 2.86. The fourth-order valence-corrected chi connectivity index (χ4v) is 3.18. The maximum Gasteiger partial charge on any atom is 0.384 e. The number of amides is 1. The Labute approximate surface area is 149 Å². The van der Waals surface area contributed by atoms with E-state index < -0.39 is 4.92 Å². The van der Waals surface area contributed by atoms with Gasteiger partial charge in [0.2, 0.25) is 0 Å². The van der Waals surface area contributed by atoms with Crippen LogP contribution in [0.2, 0.25) is 0 Å². The molecule has 1 aliphatic rings. The summed E-state index contributed by atoms with van der Waals surface area (Å²) in [5, 5.41) is 13.8. The molecular formula is C15H19ClN6O3. The van der Waals surface area contributed by atoms with E-state index in [0.717, 1.165) is 18.5 Å². The van der Waals surface area contributed by atoms with Crippen molar-refractivity contribution < 1.29 is 9.72 Å². The Morgan fingerprint density at radius 3 is 2.60 bits per heavy atom. The van der Waals surface area contributed by atoms with Crippen LogP contribution < -0.4 is 10.2 Å². The van der Waals surface area contributed by atoms with Crippen molar-refractivity contribution in [3.8, 4) is 0 Å². The molecule has 0 aromatic carbocycles. The third kappa shape index (κ3) is 3.46. The van der Waals surface area contributed by atoms with Crippen molar-refractivity contribution in [3.05, 3.63) is 39.8 Å². The van der Waals surface area contributed by atoms with Crippen LogP contribution in [0, 0.1) is 17.0 Å². The lowest BCUT2D eigenvalue weighted by atomic mass is 10.1. The van der Waals surface area contributed by atoms with E-state index in [1.807, 2.05) is 11.8 Å². The van der Waals surface area contributed by atoms with Gasteiger partial charge in [0.05, 0.1) is 0 Å². The Morgan fingerprint density at radius 2 is 2.08 bits per heavy atom. The van der Waals surface area contributed by atoms with E-state index in [1.54, 1.807) is 23.7 Å². The third-order valence-electron chi connectivity index (χ3n) is 4.38. The minimum atomic E-state index is -0.500. The highest BCUT2D eigenvalue weighted by atomic mass is 35.5. The number of aromatic nitrogens is 3. The zero-order chi connectivity index (χ0) is 18.1. The first-order chi connectivity index (χ1) is 11.9. The minimum Gasteiger partial charge on any atom is -0.358 e. The highest BCUT2D eigenvalue weighted by molar-refractivity contribution is 6.18. The zero-order valence-corrected chi connectivity index (χ0v) is 14.7. The van der Waals surface area contributed by atoms with Crippen LogP contribution in [0.3, 0.4) is 0 Å². The number of hydrogen-bond acceptors (Lipinski definition) is 5. The van der Waals surface area contributed by atoms with Gasteiger partial charge >= 0.3 is 11.8 Å². The molecule has 0 aliphatic carbocycles. The number of nitrogens with zero attached hydrogens (tertiary/aromatic N) is 5. The molecular weight excluding hydrogens is 348 g/mol. The summed E-state index contributed by atoms with van der Waals surface area (Å²) in [4.78, 5) is 28.7. The van der Waals surface area contributed by atoms with Gasteiger partial charge in [-0.3, -0.25) is 13.4 Å². The zero-order valence-electron chi connectivity index (χ0n) is 14.0. The molecule has 0 radical (unpaired) electrons. The van der Waals surface area contributed by atoms with Gasteiger partial charge in [-0.2, -0.15) is 0 Å². The summed E-state index contributed by atoms with van der Waals surface area (Å²) >= 11 is 6.05. The number of carbonyl (C=O) groups is 1. The van der Waals surface area contributed by atoms with E-state index >= 15 is 0 Å². The van der Waals surface area contributed by atoms with Crippen LogP contribution in [-0.2, 0) is 7.05 Å². The minimum absolute atomic E-state index is 0.0332. The van der Waals surface area contributed by atoms with Crippen LogP contribution in [0.1, 0.15) is 29.0 Å². The van der Waals surface area contributed by atoms with E-state index in [9.17, 15) is 14.9 Å². The Balaban J connectivity index is 1.59. The Hall–Kier alpha value is -2.55. The predicted molar refractivity (Wildman–Crippen MR) is 93.0 cm³/mol. The van der Waals surface area contributed by atoms with Crippen molar-refractivity contribution in [1.82, 2.24) is 19.0 Å². The summed E-state index contributed by atoms with van der Waals surface area (Å²) < 4.78 is 3.00. The van der Waals surface area contributed by atoms with Gasteiger partial charge in [0.1, 0.15) is 11.9 Å². The maximum absolute atomic E-state index is 12.3. The molecule has 2 aromatic heterocycles. The van der Waals surface area contributed by atoms with E-state index in [0.29, 0.717) is 24.7 Å². The SMILES string of the molecule is Cc1ccc(C(=O)NC2CCN(c3nc([N+](=O)[O-])cn3C)CC2)n1Cl. The number of halogens is 1. The van der Waals surface area contributed by atoms with Crippen LogP contribution in [-0.4, -0.2) is 43.6 Å². The highest BCUT2D eigenvalue weighted by Crippen LogP contribution is 2.22. The second-order valence-corrected chi connectivity index (χ2v) is 6.48. The summed E-state index contributed by atoms with van der Waals surface area (Å²) in [5.74, 6) is 0.210. The summed E-state index contributed by atoms with van der Waals surface area (Å²) in [5.41, 5.74) is 1.22. The van der Waals surface area contributed by atoms with Gasteiger partial charge in [-0.25, -0.2) is 0 Å². The van der Waals surface area contributed by atoms with E-state index in [2.05, 4.69) is 10.3 Å². The van der Waals surface area contributed by atoms with Gasteiger partial charge < -0.3 is 20.3 Å². The van der Waals surface area contributed by atoms with Gasteiger partial charge in [-0.05, 0) is 36.8 Å². The molecule has 3 rings (SSSR count). The van der Waals surface area contributed by atoms with Crippen LogP contribution in [0.15, 0.2) is 18.3 Å². The van der Waals surface area contributed by atoms with Crippen LogP contribution in [0.25, 0.3) is 0 Å². The fraction of sp³-hybridized carbons (Fsp3) is 0.467.